The average molecular weight is 1090 g/mol. The predicted molar refractivity (Wildman–Crippen MR) is 285 cm³/mol. The maximum absolute atomic E-state index is 12.9. The fraction of sp³-hybridized carbons (Fsp3) is 0.926. The van der Waals surface area contributed by atoms with Crippen LogP contribution < -0.4 is 0 Å². The van der Waals surface area contributed by atoms with Crippen LogP contribution in [-0.2, 0) is 65.4 Å². The molecule has 0 saturated heterocycles. The second kappa shape index (κ2) is 48.4. The van der Waals surface area contributed by atoms with E-state index in [1.54, 1.807) is 0 Å². The molecule has 0 radical (unpaired) electrons. The van der Waals surface area contributed by atoms with Gasteiger partial charge in [0.05, 0.1) is 26.4 Å². The summed E-state index contributed by atoms with van der Waals surface area (Å²) in [4.78, 5) is 71.2. The number of unbranched alkanes of at least 4 members (excludes halogenated alkanes) is 26. The number of phosphoric acid groups is 2. The van der Waals surface area contributed by atoms with Crippen molar-refractivity contribution in [2.45, 2.75) is 278 Å². The van der Waals surface area contributed by atoms with Gasteiger partial charge in [-0.15, -0.1) is 0 Å². The molecule has 432 valence electrons. The van der Waals surface area contributed by atoms with Crippen molar-refractivity contribution in [3.8, 4) is 0 Å². The van der Waals surface area contributed by atoms with Gasteiger partial charge in [-0.3, -0.25) is 37.3 Å². The lowest BCUT2D eigenvalue weighted by Gasteiger charge is -2.21. The molecule has 0 bridgehead atoms. The third kappa shape index (κ3) is 49.4. The van der Waals surface area contributed by atoms with Crippen molar-refractivity contribution in [1.29, 1.82) is 0 Å². The Morgan fingerprint density at radius 1 is 0.370 bits per heavy atom. The zero-order valence-corrected chi connectivity index (χ0v) is 48.0. The zero-order chi connectivity index (χ0) is 54.3. The summed E-state index contributed by atoms with van der Waals surface area (Å²) in [5.41, 5.74) is 0. The van der Waals surface area contributed by atoms with Gasteiger partial charge >= 0.3 is 39.5 Å². The summed E-state index contributed by atoms with van der Waals surface area (Å²) in [6, 6.07) is 0. The molecular weight excluding hydrogens is 983 g/mol. The summed E-state index contributed by atoms with van der Waals surface area (Å²) in [6.45, 7) is 6.89. The van der Waals surface area contributed by atoms with Crippen LogP contribution in [0.5, 0.6) is 0 Å². The highest BCUT2D eigenvalue weighted by Crippen LogP contribution is 2.45. The topological polar surface area (TPSA) is 237 Å². The van der Waals surface area contributed by atoms with Crippen LogP contribution >= 0.6 is 15.6 Å². The molecule has 0 amide bonds. The first-order chi connectivity index (χ1) is 35.0. The first kappa shape index (κ1) is 71.1. The number of aliphatic hydroxyl groups excluding tert-OH is 1. The van der Waals surface area contributed by atoms with Gasteiger partial charge in [0.1, 0.15) is 19.3 Å². The van der Waals surface area contributed by atoms with Crippen molar-refractivity contribution in [2.75, 3.05) is 39.6 Å². The molecule has 0 rings (SSSR count). The second-order valence-corrected chi connectivity index (χ2v) is 23.0. The molecular formula is C54H104O17P2. The smallest absolute Gasteiger partial charge is 0.462 e. The fourth-order valence-electron chi connectivity index (χ4n) is 7.81. The number of ether oxygens (including phenoxy) is 4. The molecule has 0 aromatic carbocycles. The largest absolute Gasteiger partial charge is 0.472 e. The summed E-state index contributed by atoms with van der Waals surface area (Å²) in [6.07, 6.45) is 28.7. The highest BCUT2D eigenvalue weighted by Gasteiger charge is 2.30. The van der Waals surface area contributed by atoms with Crippen LogP contribution in [-0.4, -0.2) is 96.7 Å². The van der Waals surface area contributed by atoms with Crippen LogP contribution in [0.2, 0.25) is 0 Å². The molecule has 0 saturated carbocycles. The number of carbonyl (C=O) groups excluding carboxylic acids is 4. The van der Waals surface area contributed by atoms with Gasteiger partial charge in [-0.25, -0.2) is 9.13 Å². The summed E-state index contributed by atoms with van der Waals surface area (Å²) >= 11 is 0. The van der Waals surface area contributed by atoms with E-state index >= 15 is 0 Å². The SMILES string of the molecule is CCCCCCCCCCCCCCC(=O)O[C@H](COC(=O)CCCCCCCCCCC(C)C)COP(=O)(O)OC[C@@H](O)COP(=O)(O)OC[C@@H](COC(=O)CCCCCCC)OC(=O)CCCCCCC. The van der Waals surface area contributed by atoms with Crippen molar-refractivity contribution >= 4 is 39.5 Å². The first-order valence-electron chi connectivity index (χ1n) is 28.6. The van der Waals surface area contributed by atoms with Gasteiger partial charge in [-0.1, -0.05) is 208 Å². The number of phosphoric ester groups is 2. The van der Waals surface area contributed by atoms with E-state index in [1.807, 2.05) is 0 Å². The third-order valence-electron chi connectivity index (χ3n) is 12.3. The van der Waals surface area contributed by atoms with Crippen LogP contribution in [0.4, 0.5) is 0 Å². The Morgan fingerprint density at radius 2 is 0.630 bits per heavy atom. The fourth-order valence-corrected chi connectivity index (χ4v) is 9.39. The van der Waals surface area contributed by atoms with Gasteiger partial charge in [0, 0.05) is 25.7 Å². The standard InChI is InChI=1S/C54H104O17P2/c1-6-9-12-15-16-17-18-19-20-25-30-35-40-54(59)71-50(44-65-52(57)38-33-29-24-22-21-23-28-31-36-47(4)5)46-69-73(62,63)67-42-48(55)41-66-72(60,61)68-45-49(70-53(58)39-34-27-14-11-8-3)43-64-51(56)37-32-26-13-10-7-2/h47-50,55H,6-46H2,1-5H3,(H,60,61)(H,62,63)/t48-,49+,50+/m0/s1. The highest BCUT2D eigenvalue weighted by molar-refractivity contribution is 7.47. The lowest BCUT2D eigenvalue weighted by atomic mass is 10.0. The van der Waals surface area contributed by atoms with E-state index in [9.17, 15) is 43.2 Å². The van der Waals surface area contributed by atoms with Crippen LogP contribution in [0, 0.1) is 5.92 Å². The number of carbonyl (C=O) groups is 4. The van der Waals surface area contributed by atoms with E-state index in [1.165, 1.54) is 77.0 Å². The van der Waals surface area contributed by atoms with Crippen LogP contribution in [0.15, 0.2) is 0 Å². The number of hydrogen-bond acceptors (Lipinski definition) is 15. The van der Waals surface area contributed by atoms with Gasteiger partial charge in [0.15, 0.2) is 12.2 Å². The number of aliphatic hydroxyl groups is 1. The van der Waals surface area contributed by atoms with E-state index < -0.39 is 97.5 Å². The van der Waals surface area contributed by atoms with Gasteiger partial charge < -0.3 is 33.8 Å². The molecule has 5 atom stereocenters. The minimum atomic E-state index is -4.93. The monoisotopic (exact) mass is 1090 g/mol. The molecule has 17 nitrogen and oxygen atoms in total. The molecule has 0 aliphatic heterocycles. The van der Waals surface area contributed by atoms with Crippen molar-refractivity contribution in [1.82, 2.24) is 0 Å². The number of esters is 4. The maximum Gasteiger partial charge on any atom is 0.472 e. The summed E-state index contributed by atoms with van der Waals surface area (Å²) in [5, 5.41) is 10.4. The van der Waals surface area contributed by atoms with Crippen molar-refractivity contribution < 1.29 is 80.2 Å². The molecule has 0 heterocycles. The summed E-state index contributed by atoms with van der Waals surface area (Å²) < 4.78 is 67.1. The zero-order valence-electron chi connectivity index (χ0n) is 46.3. The molecule has 0 spiro atoms. The Morgan fingerprint density at radius 3 is 0.932 bits per heavy atom. The Bertz CT molecular complexity index is 1450. The van der Waals surface area contributed by atoms with Crippen molar-refractivity contribution in [2.24, 2.45) is 5.92 Å². The molecule has 19 heteroatoms. The Hall–Kier alpha value is -1.94. The molecule has 0 aromatic rings. The second-order valence-electron chi connectivity index (χ2n) is 20.1. The van der Waals surface area contributed by atoms with E-state index in [2.05, 4.69) is 34.6 Å². The molecule has 73 heavy (non-hydrogen) atoms. The summed E-state index contributed by atoms with van der Waals surface area (Å²) in [5.74, 6) is -1.44. The molecule has 0 aromatic heterocycles. The minimum absolute atomic E-state index is 0.0986. The molecule has 2 unspecified atom stereocenters. The van der Waals surface area contributed by atoms with Crippen molar-refractivity contribution in [3.63, 3.8) is 0 Å². The predicted octanol–water partition coefficient (Wildman–Crippen LogP) is 13.9. The molecule has 3 N–H and O–H groups in total. The average Bonchev–Trinajstić information content (AvgIpc) is 3.35. The van der Waals surface area contributed by atoms with E-state index in [0.717, 1.165) is 102 Å². The molecule has 0 aliphatic carbocycles. The van der Waals surface area contributed by atoms with Gasteiger partial charge in [0.2, 0.25) is 0 Å². The maximum atomic E-state index is 12.9. The van der Waals surface area contributed by atoms with E-state index in [-0.39, 0.29) is 25.7 Å². The lowest BCUT2D eigenvalue weighted by molar-refractivity contribution is -0.161. The van der Waals surface area contributed by atoms with Crippen LogP contribution in [0.3, 0.4) is 0 Å². The minimum Gasteiger partial charge on any atom is -0.462 e. The third-order valence-corrected chi connectivity index (χ3v) is 14.2. The van der Waals surface area contributed by atoms with Crippen LogP contribution in [0.1, 0.15) is 259 Å². The quantitative estimate of drug-likeness (QED) is 0.0222. The van der Waals surface area contributed by atoms with Crippen LogP contribution in [0.25, 0.3) is 0 Å². The lowest BCUT2D eigenvalue weighted by Crippen LogP contribution is -2.30. The number of rotatable bonds is 54. The Labute approximate surface area is 441 Å². The number of hydrogen-bond donors (Lipinski definition) is 3. The normalized spacial score (nSPS) is 14.5. The Balaban J connectivity index is 5.15. The Kier molecular flexibility index (Phi) is 47.1. The molecule has 0 fully saturated rings. The summed E-state index contributed by atoms with van der Waals surface area (Å²) in [7, 11) is -9.85. The first-order valence-corrected chi connectivity index (χ1v) is 31.6. The van der Waals surface area contributed by atoms with Crippen molar-refractivity contribution in [3.05, 3.63) is 0 Å². The highest BCUT2D eigenvalue weighted by atomic mass is 31.2. The van der Waals surface area contributed by atoms with E-state index in [4.69, 9.17) is 37.0 Å². The van der Waals surface area contributed by atoms with Gasteiger partial charge in [-0.05, 0) is 31.6 Å². The van der Waals surface area contributed by atoms with Gasteiger partial charge in [-0.2, -0.15) is 0 Å². The molecule has 0 aliphatic rings. The van der Waals surface area contributed by atoms with E-state index in [0.29, 0.717) is 25.7 Å². The van der Waals surface area contributed by atoms with Gasteiger partial charge in [0.25, 0.3) is 0 Å².